The van der Waals surface area contributed by atoms with E-state index in [-0.39, 0.29) is 23.3 Å². The Morgan fingerprint density at radius 3 is 2.39 bits per heavy atom. The summed E-state index contributed by atoms with van der Waals surface area (Å²) in [5.74, 6) is 1.89. The van der Waals surface area contributed by atoms with E-state index in [1.807, 2.05) is 54.7 Å². The number of hydrogen-bond acceptors (Lipinski definition) is 3. The molecule has 0 saturated carbocycles. The van der Waals surface area contributed by atoms with E-state index in [4.69, 9.17) is 6.42 Å². The molecule has 166 valence electrons. The van der Waals surface area contributed by atoms with Gasteiger partial charge in [-0.05, 0) is 41.5 Å². The molecule has 4 aromatic rings. The topological polar surface area (TPSA) is 91.1 Å². The molecule has 6 nitrogen and oxygen atoms in total. The molecule has 0 aliphatic carbocycles. The van der Waals surface area contributed by atoms with Gasteiger partial charge in [0.2, 0.25) is 10.0 Å². The average molecular weight is 458 g/mol. The number of para-hydroxylation sites is 1. The standard InChI is InChI=1S/C26H23N3O3S/c1-2-16-29-33(31,32)21-14-12-20(13-15-21)26(30)28-17-23(19-8-4-3-5-9-19)24-18-27-25-11-7-6-10-22(24)25/h1,3-15,18,23,27,29H,16-17H2,(H,28,30). The van der Waals surface area contributed by atoms with Crippen molar-refractivity contribution >= 4 is 26.8 Å². The second-order valence-corrected chi connectivity index (χ2v) is 9.28. The molecule has 0 radical (unpaired) electrons. The van der Waals surface area contributed by atoms with Gasteiger partial charge in [0.1, 0.15) is 0 Å². The molecule has 0 bridgehead atoms. The van der Waals surface area contributed by atoms with Gasteiger partial charge in [-0.3, -0.25) is 4.79 Å². The third kappa shape index (κ3) is 4.98. The number of sulfonamides is 1. The Hall–Kier alpha value is -3.86. The zero-order chi connectivity index (χ0) is 23.3. The van der Waals surface area contributed by atoms with E-state index in [0.717, 1.165) is 22.0 Å². The summed E-state index contributed by atoms with van der Waals surface area (Å²) in [5, 5.41) is 4.10. The maximum absolute atomic E-state index is 12.8. The highest BCUT2D eigenvalue weighted by molar-refractivity contribution is 7.89. The molecule has 1 heterocycles. The van der Waals surface area contributed by atoms with Crippen LogP contribution >= 0.6 is 0 Å². The van der Waals surface area contributed by atoms with Gasteiger partial charge < -0.3 is 10.3 Å². The lowest BCUT2D eigenvalue weighted by Crippen LogP contribution is -2.29. The minimum atomic E-state index is -3.70. The number of rotatable bonds is 8. The van der Waals surface area contributed by atoms with E-state index in [1.54, 1.807) is 0 Å². The average Bonchev–Trinajstić information content (AvgIpc) is 3.27. The van der Waals surface area contributed by atoms with Crippen LogP contribution in [-0.2, 0) is 10.0 Å². The van der Waals surface area contributed by atoms with Gasteiger partial charge in [0, 0.05) is 35.1 Å². The van der Waals surface area contributed by atoms with E-state index in [1.165, 1.54) is 24.3 Å². The Bertz CT molecular complexity index is 1400. The molecule has 33 heavy (non-hydrogen) atoms. The van der Waals surface area contributed by atoms with Crippen LogP contribution in [-0.4, -0.2) is 32.4 Å². The third-order valence-electron chi connectivity index (χ3n) is 5.46. The fourth-order valence-electron chi connectivity index (χ4n) is 3.78. The molecular weight excluding hydrogens is 434 g/mol. The lowest BCUT2D eigenvalue weighted by molar-refractivity contribution is 0.0952. The van der Waals surface area contributed by atoms with Gasteiger partial charge >= 0.3 is 0 Å². The van der Waals surface area contributed by atoms with E-state index in [9.17, 15) is 13.2 Å². The summed E-state index contributed by atoms with van der Waals surface area (Å²) in [5.41, 5.74) is 3.59. The fraction of sp³-hybridized carbons (Fsp3) is 0.115. The lowest BCUT2D eigenvalue weighted by atomic mass is 9.91. The van der Waals surface area contributed by atoms with Crippen molar-refractivity contribution in [3.8, 4) is 12.3 Å². The first-order valence-corrected chi connectivity index (χ1v) is 11.9. The van der Waals surface area contributed by atoms with Crippen LogP contribution in [0.5, 0.6) is 0 Å². The molecule has 0 aliphatic heterocycles. The van der Waals surface area contributed by atoms with E-state index >= 15 is 0 Å². The molecule has 1 amide bonds. The molecule has 0 aliphatic rings. The summed E-state index contributed by atoms with van der Waals surface area (Å²) < 4.78 is 26.6. The van der Waals surface area contributed by atoms with Crippen LogP contribution in [0.4, 0.5) is 0 Å². The Morgan fingerprint density at radius 1 is 0.970 bits per heavy atom. The van der Waals surface area contributed by atoms with Crippen molar-refractivity contribution in [1.82, 2.24) is 15.0 Å². The highest BCUT2D eigenvalue weighted by Gasteiger charge is 2.20. The minimum Gasteiger partial charge on any atom is -0.361 e. The fourth-order valence-corrected chi connectivity index (χ4v) is 4.71. The Kier molecular flexibility index (Phi) is 6.59. The highest BCUT2D eigenvalue weighted by atomic mass is 32.2. The van der Waals surface area contributed by atoms with Gasteiger partial charge in [-0.25, -0.2) is 8.42 Å². The first-order valence-electron chi connectivity index (χ1n) is 10.4. The molecule has 1 aromatic heterocycles. The van der Waals surface area contributed by atoms with E-state index in [0.29, 0.717) is 12.1 Å². The molecule has 3 N–H and O–H groups in total. The molecule has 0 saturated heterocycles. The maximum Gasteiger partial charge on any atom is 0.251 e. The van der Waals surface area contributed by atoms with Gasteiger partial charge in [-0.1, -0.05) is 54.5 Å². The predicted octanol–water partition coefficient (Wildman–Crippen LogP) is 3.64. The number of aromatic nitrogens is 1. The molecule has 4 rings (SSSR count). The van der Waals surface area contributed by atoms with Crippen molar-refractivity contribution in [2.45, 2.75) is 10.8 Å². The van der Waals surface area contributed by atoms with Crippen molar-refractivity contribution in [3.63, 3.8) is 0 Å². The smallest absolute Gasteiger partial charge is 0.251 e. The van der Waals surface area contributed by atoms with Crippen LogP contribution in [0.15, 0.2) is 90.0 Å². The number of amides is 1. The molecule has 0 spiro atoms. The second kappa shape index (κ2) is 9.74. The number of aromatic amines is 1. The minimum absolute atomic E-state index is 0.0512. The second-order valence-electron chi connectivity index (χ2n) is 7.52. The largest absolute Gasteiger partial charge is 0.361 e. The number of fused-ring (bicyclic) bond motifs is 1. The summed E-state index contributed by atoms with van der Waals surface area (Å²) in [6.07, 6.45) is 7.09. The summed E-state index contributed by atoms with van der Waals surface area (Å²) in [7, 11) is -3.70. The summed E-state index contributed by atoms with van der Waals surface area (Å²) in [6, 6.07) is 23.8. The lowest BCUT2D eigenvalue weighted by Gasteiger charge is -2.18. The number of terminal acetylenes is 1. The molecular formula is C26H23N3O3S. The molecule has 7 heteroatoms. The van der Waals surface area contributed by atoms with Gasteiger partial charge in [0.15, 0.2) is 0 Å². The monoisotopic (exact) mass is 457 g/mol. The summed E-state index contributed by atoms with van der Waals surface area (Å²) >= 11 is 0. The van der Waals surface area contributed by atoms with Gasteiger partial charge in [-0.15, -0.1) is 6.42 Å². The predicted molar refractivity (Wildman–Crippen MR) is 129 cm³/mol. The van der Waals surface area contributed by atoms with Crippen molar-refractivity contribution in [3.05, 3.63) is 102 Å². The Morgan fingerprint density at radius 2 is 1.67 bits per heavy atom. The van der Waals surface area contributed by atoms with E-state index in [2.05, 4.69) is 27.0 Å². The van der Waals surface area contributed by atoms with Gasteiger partial charge in [0.25, 0.3) is 5.91 Å². The normalized spacial score (nSPS) is 12.2. The number of H-pyrrole nitrogens is 1. The van der Waals surface area contributed by atoms with Crippen molar-refractivity contribution in [1.29, 1.82) is 0 Å². The van der Waals surface area contributed by atoms with Crippen LogP contribution in [0.25, 0.3) is 10.9 Å². The zero-order valence-corrected chi connectivity index (χ0v) is 18.6. The van der Waals surface area contributed by atoms with Crippen molar-refractivity contribution in [2.24, 2.45) is 0 Å². The number of hydrogen-bond donors (Lipinski definition) is 3. The molecule has 0 fully saturated rings. The van der Waals surface area contributed by atoms with Crippen LogP contribution in [0, 0.1) is 12.3 Å². The molecule has 1 unspecified atom stereocenters. The van der Waals surface area contributed by atoms with Crippen LogP contribution < -0.4 is 10.0 Å². The van der Waals surface area contributed by atoms with Gasteiger partial charge in [-0.2, -0.15) is 4.72 Å². The first kappa shape index (κ1) is 22.3. The number of carbonyl (C=O) groups excluding carboxylic acids is 1. The third-order valence-corrected chi connectivity index (χ3v) is 6.87. The maximum atomic E-state index is 12.8. The quantitative estimate of drug-likeness (QED) is 0.353. The van der Waals surface area contributed by atoms with Gasteiger partial charge in [0.05, 0.1) is 11.4 Å². The zero-order valence-electron chi connectivity index (χ0n) is 17.8. The van der Waals surface area contributed by atoms with Crippen molar-refractivity contribution in [2.75, 3.05) is 13.1 Å². The number of nitrogens with one attached hydrogen (secondary N) is 3. The molecule has 3 aromatic carbocycles. The highest BCUT2D eigenvalue weighted by Crippen LogP contribution is 2.30. The van der Waals surface area contributed by atoms with Crippen LogP contribution in [0.1, 0.15) is 27.4 Å². The molecule has 1 atom stereocenters. The Labute approximate surface area is 193 Å². The number of carbonyl (C=O) groups is 1. The first-order chi connectivity index (χ1) is 16.0. The SMILES string of the molecule is C#CCNS(=O)(=O)c1ccc(C(=O)NCC(c2ccccc2)c2c[nH]c3ccccc23)cc1. The van der Waals surface area contributed by atoms with Crippen LogP contribution in [0.2, 0.25) is 0 Å². The number of benzene rings is 3. The van der Waals surface area contributed by atoms with E-state index < -0.39 is 10.0 Å². The summed E-state index contributed by atoms with van der Waals surface area (Å²) in [6.45, 7) is 0.285. The van der Waals surface area contributed by atoms with Crippen LogP contribution in [0.3, 0.4) is 0 Å². The summed E-state index contributed by atoms with van der Waals surface area (Å²) in [4.78, 5) is 16.2. The Balaban J connectivity index is 1.54. The van der Waals surface area contributed by atoms with Crippen molar-refractivity contribution < 1.29 is 13.2 Å².